The van der Waals surface area contributed by atoms with Crippen molar-refractivity contribution in [1.82, 2.24) is 25.0 Å². The maximum Gasteiger partial charge on any atom is 0.338 e. The third-order valence-corrected chi connectivity index (χ3v) is 5.37. The molecule has 3 heterocycles. The molecule has 0 unspecified atom stereocenters. The van der Waals surface area contributed by atoms with E-state index in [1.807, 2.05) is 17.6 Å². The highest BCUT2D eigenvalue weighted by molar-refractivity contribution is 7.16. The SMILES string of the molecule is O=C(O)c1ccc(-c2ccc3nnn(Cc4ccc5ncsc5c4)c3n2)cc1F. The van der Waals surface area contributed by atoms with Crippen LogP contribution in [0.25, 0.3) is 32.6 Å². The Labute approximate surface area is 167 Å². The second-order valence-corrected chi connectivity index (χ2v) is 7.33. The van der Waals surface area contributed by atoms with E-state index in [4.69, 9.17) is 5.11 Å². The average Bonchev–Trinajstić information content (AvgIpc) is 3.34. The van der Waals surface area contributed by atoms with Crippen LogP contribution in [0.15, 0.2) is 54.0 Å². The second kappa shape index (κ2) is 6.71. The fraction of sp³-hybridized carbons (Fsp3) is 0.0500. The van der Waals surface area contributed by atoms with Crippen LogP contribution < -0.4 is 0 Å². The summed E-state index contributed by atoms with van der Waals surface area (Å²) in [5, 5.41) is 17.3. The number of carboxylic acids is 1. The number of hydrogen-bond acceptors (Lipinski definition) is 6. The summed E-state index contributed by atoms with van der Waals surface area (Å²) in [6.07, 6.45) is 0. The summed E-state index contributed by atoms with van der Waals surface area (Å²) >= 11 is 1.57. The van der Waals surface area contributed by atoms with Crippen molar-refractivity contribution in [2.75, 3.05) is 0 Å². The Morgan fingerprint density at radius 2 is 1.97 bits per heavy atom. The molecule has 0 saturated heterocycles. The maximum absolute atomic E-state index is 14.1. The molecule has 0 aliphatic carbocycles. The van der Waals surface area contributed by atoms with Crippen LogP contribution in [0.1, 0.15) is 15.9 Å². The van der Waals surface area contributed by atoms with Gasteiger partial charge in [-0.3, -0.25) is 0 Å². The average molecular weight is 405 g/mol. The molecule has 7 nitrogen and oxygen atoms in total. The zero-order chi connectivity index (χ0) is 20.0. The van der Waals surface area contributed by atoms with Gasteiger partial charge in [0.05, 0.1) is 33.5 Å². The minimum atomic E-state index is -1.31. The summed E-state index contributed by atoms with van der Waals surface area (Å²) in [6, 6.07) is 13.4. The number of rotatable bonds is 4. The summed E-state index contributed by atoms with van der Waals surface area (Å²) < 4.78 is 16.8. The number of halogens is 1. The van der Waals surface area contributed by atoms with Crippen molar-refractivity contribution in [2.24, 2.45) is 0 Å². The van der Waals surface area contributed by atoms with E-state index < -0.39 is 11.8 Å². The van der Waals surface area contributed by atoms with Crippen molar-refractivity contribution in [1.29, 1.82) is 0 Å². The molecule has 0 bridgehead atoms. The van der Waals surface area contributed by atoms with Gasteiger partial charge >= 0.3 is 5.97 Å². The third kappa shape index (κ3) is 3.11. The summed E-state index contributed by atoms with van der Waals surface area (Å²) in [4.78, 5) is 19.9. The van der Waals surface area contributed by atoms with Crippen LogP contribution in [-0.4, -0.2) is 36.0 Å². The molecule has 0 aliphatic heterocycles. The second-order valence-electron chi connectivity index (χ2n) is 6.44. The Morgan fingerprint density at radius 1 is 1.10 bits per heavy atom. The van der Waals surface area contributed by atoms with Gasteiger partial charge in [-0.15, -0.1) is 16.4 Å². The van der Waals surface area contributed by atoms with Gasteiger partial charge in [0.2, 0.25) is 0 Å². The van der Waals surface area contributed by atoms with Gasteiger partial charge in [-0.2, -0.15) is 0 Å². The number of aromatic carboxylic acids is 1. The highest BCUT2D eigenvalue weighted by Crippen LogP contribution is 2.24. The van der Waals surface area contributed by atoms with Crippen molar-refractivity contribution < 1.29 is 14.3 Å². The summed E-state index contributed by atoms with van der Waals surface area (Å²) in [5.41, 5.74) is 5.60. The van der Waals surface area contributed by atoms with E-state index >= 15 is 0 Å². The number of pyridine rings is 1. The van der Waals surface area contributed by atoms with Crippen molar-refractivity contribution in [3.8, 4) is 11.3 Å². The van der Waals surface area contributed by atoms with Crippen LogP contribution in [0.3, 0.4) is 0 Å². The van der Waals surface area contributed by atoms with Crippen molar-refractivity contribution in [3.05, 3.63) is 71.0 Å². The fourth-order valence-corrected chi connectivity index (χ4v) is 3.88. The normalized spacial score (nSPS) is 11.3. The molecule has 0 radical (unpaired) electrons. The standard InChI is InChI=1S/C20H12FN5O2S/c21-14-8-12(2-3-13(14)20(27)28)15-5-6-17-19(23-15)26(25-24-17)9-11-1-4-16-18(7-11)29-10-22-16/h1-8,10H,9H2,(H,27,28). The predicted octanol–water partition coefficient (Wildman–Crippen LogP) is 3.99. The Kier molecular flexibility index (Phi) is 4.02. The molecule has 5 aromatic rings. The molecule has 0 atom stereocenters. The first-order valence-electron chi connectivity index (χ1n) is 8.64. The molecule has 1 N–H and O–H groups in total. The molecule has 142 valence electrons. The number of aromatic nitrogens is 5. The van der Waals surface area contributed by atoms with Gasteiger partial charge in [-0.25, -0.2) is 23.8 Å². The number of carboxylic acid groups (broad SMARTS) is 1. The number of benzene rings is 2. The Morgan fingerprint density at radius 3 is 2.79 bits per heavy atom. The van der Waals surface area contributed by atoms with E-state index in [0.717, 1.165) is 15.8 Å². The Balaban J connectivity index is 1.53. The molecule has 29 heavy (non-hydrogen) atoms. The van der Waals surface area contributed by atoms with E-state index in [9.17, 15) is 9.18 Å². The molecule has 0 spiro atoms. The van der Waals surface area contributed by atoms with E-state index in [2.05, 4.69) is 26.3 Å². The van der Waals surface area contributed by atoms with Gasteiger partial charge < -0.3 is 5.11 Å². The molecule has 9 heteroatoms. The van der Waals surface area contributed by atoms with Crippen molar-refractivity contribution in [3.63, 3.8) is 0 Å². The molecular weight excluding hydrogens is 393 g/mol. The van der Waals surface area contributed by atoms with E-state index in [-0.39, 0.29) is 5.56 Å². The monoisotopic (exact) mass is 405 g/mol. The summed E-state index contributed by atoms with van der Waals surface area (Å²) in [6.45, 7) is 0.479. The quantitative estimate of drug-likeness (QED) is 0.486. The molecule has 0 saturated carbocycles. The van der Waals surface area contributed by atoms with E-state index in [0.29, 0.717) is 29.0 Å². The molecule has 2 aromatic carbocycles. The number of nitrogens with zero attached hydrogens (tertiary/aromatic N) is 5. The van der Waals surface area contributed by atoms with Crippen molar-refractivity contribution >= 4 is 38.7 Å². The zero-order valence-electron chi connectivity index (χ0n) is 14.8. The lowest BCUT2D eigenvalue weighted by atomic mass is 10.1. The van der Waals surface area contributed by atoms with Gasteiger partial charge in [0.15, 0.2) is 5.65 Å². The van der Waals surface area contributed by atoms with Crippen LogP contribution in [0, 0.1) is 5.82 Å². The third-order valence-electron chi connectivity index (χ3n) is 4.58. The Bertz CT molecular complexity index is 1390. The first-order chi connectivity index (χ1) is 14.1. The molecule has 0 amide bonds. The predicted molar refractivity (Wildman–Crippen MR) is 106 cm³/mol. The topological polar surface area (TPSA) is 93.8 Å². The maximum atomic E-state index is 14.1. The number of hydrogen-bond donors (Lipinski definition) is 1. The highest BCUT2D eigenvalue weighted by atomic mass is 32.1. The molecule has 3 aromatic heterocycles. The molecule has 0 aliphatic rings. The van der Waals surface area contributed by atoms with Gasteiger partial charge in [0.1, 0.15) is 11.3 Å². The number of fused-ring (bicyclic) bond motifs is 2. The van der Waals surface area contributed by atoms with Gasteiger partial charge in [0, 0.05) is 5.56 Å². The molecule has 0 fully saturated rings. The molecular formula is C20H12FN5O2S. The van der Waals surface area contributed by atoms with Crippen LogP contribution in [0.2, 0.25) is 0 Å². The van der Waals surface area contributed by atoms with Crippen LogP contribution in [0.4, 0.5) is 4.39 Å². The van der Waals surface area contributed by atoms with E-state index in [1.54, 1.807) is 28.2 Å². The smallest absolute Gasteiger partial charge is 0.338 e. The van der Waals surface area contributed by atoms with Gasteiger partial charge in [0.25, 0.3) is 0 Å². The highest BCUT2D eigenvalue weighted by Gasteiger charge is 2.14. The fourth-order valence-electron chi connectivity index (χ4n) is 3.14. The van der Waals surface area contributed by atoms with Gasteiger partial charge in [-0.1, -0.05) is 17.3 Å². The van der Waals surface area contributed by atoms with Gasteiger partial charge in [-0.05, 0) is 42.0 Å². The minimum absolute atomic E-state index is 0.375. The Hall–Kier alpha value is -3.72. The summed E-state index contributed by atoms with van der Waals surface area (Å²) in [5.74, 6) is -2.11. The minimum Gasteiger partial charge on any atom is -0.478 e. The van der Waals surface area contributed by atoms with E-state index in [1.165, 1.54) is 18.2 Å². The number of thiazole rings is 1. The summed E-state index contributed by atoms with van der Waals surface area (Å²) in [7, 11) is 0. The first kappa shape index (κ1) is 17.4. The molecule has 5 rings (SSSR count). The zero-order valence-corrected chi connectivity index (χ0v) is 15.6. The van der Waals surface area contributed by atoms with Crippen molar-refractivity contribution in [2.45, 2.75) is 6.54 Å². The van der Waals surface area contributed by atoms with Crippen LogP contribution in [0.5, 0.6) is 0 Å². The lowest BCUT2D eigenvalue weighted by Crippen LogP contribution is -2.03. The van der Waals surface area contributed by atoms with Crippen LogP contribution >= 0.6 is 11.3 Å². The lowest BCUT2D eigenvalue weighted by molar-refractivity contribution is 0.0692. The van der Waals surface area contributed by atoms with Crippen LogP contribution in [-0.2, 0) is 6.54 Å². The lowest BCUT2D eigenvalue weighted by Gasteiger charge is -2.05. The largest absolute Gasteiger partial charge is 0.478 e. The first-order valence-corrected chi connectivity index (χ1v) is 9.52. The number of carbonyl (C=O) groups is 1.